The second-order valence-electron chi connectivity index (χ2n) is 6.91. The standard InChI is InChI=1S/C25H26O/c1-21(26)13-11-12-20-25(22-14-5-2-6-15-22,23-16-7-3-8-17-23)24-18-9-4-10-19-24/h2-10,14-19H,11-13,20H2,1H3. The largest absolute Gasteiger partial charge is 0.300 e. The van der Waals surface area contributed by atoms with Crippen molar-refractivity contribution in [2.45, 2.75) is 38.0 Å². The van der Waals surface area contributed by atoms with Crippen LogP contribution in [-0.4, -0.2) is 5.78 Å². The molecule has 0 radical (unpaired) electrons. The maximum Gasteiger partial charge on any atom is 0.129 e. The van der Waals surface area contributed by atoms with Crippen molar-refractivity contribution in [3.05, 3.63) is 108 Å². The average Bonchev–Trinajstić information content (AvgIpc) is 2.70. The molecule has 0 spiro atoms. The van der Waals surface area contributed by atoms with Crippen molar-refractivity contribution in [2.24, 2.45) is 0 Å². The van der Waals surface area contributed by atoms with Crippen molar-refractivity contribution in [2.75, 3.05) is 0 Å². The monoisotopic (exact) mass is 342 g/mol. The Balaban J connectivity index is 2.10. The Kier molecular flexibility index (Phi) is 6.01. The molecule has 0 aliphatic heterocycles. The van der Waals surface area contributed by atoms with Crippen LogP contribution in [0, 0.1) is 0 Å². The van der Waals surface area contributed by atoms with Gasteiger partial charge in [-0.2, -0.15) is 0 Å². The van der Waals surface area contributed by atoms with Gasteiger partial charge in [0.25, 0.3) is 0 Å². The van der Waals surface area contributed by atoms with Crippen LogP contribution in [0.4, 0.5) is 0 Å². The Morgan fingerprint density at radius 2 is 1.04 bits per heavy atom. The lowest BCUT2D eigenvalue weighted by molar-refractivity contribution is -0.117. The lowest BCUT2D eigenvalue weighted by Crippen LogP contribution is -2.29. The summed E-state index contributed by atoms with van der Waals surface area (Å²) in [6.45, 7) is 1.68. The molecular formula is C25H26O. The van der Waals surface area contributed by atoms with Crippen LogP contribution in [0.2, 0.25) is 0 Å². The summed E-state index contributed by atoms with van der Waals surface area (Å²) < 4.78 is 0. The lowest BCUT2D eigenvalue weighted by Gasteiger charge is -2.36. The van der Waals surface area contributed by atoms with Crippen LogP contribution < -0.4 is 0 Å². The van der Waals surface area contributed by atoms with Crippen molar-refractivity contribution >= 4 is 5.78 Å². The molecule has 0 aliphatic rings. The molecule has 3 rings (SSSR count). The number of Topliss-reactive ketones (excluding diaryl/α,β-unsaturated/α-hetero) is 1. The Labute approximate surface area is 156 Å². The minimum absolute atomic E-state index is 0.194. The van der Waals surface area contributed by atoms with Gasteiger partial charge in [0.15, 0.2) is 0 Å². The summed E-state index contributed by atoms with van der Waals surface area (Å²) in [7, 11) is 0. The van der Waals surface area contributed by atoms with E-state index in [0.717, 1.165) is 19.3 Å². The molecule has 0 N–H and O–H groups in total. The van der Waals surface area contributed by atoms with Crippen molar-refractivity contribution in [3.63, 3.8) is 0 Å². The van der Waals surface area contributed by atoms with Gasteiger partial charge in [-0.05, 0) is 36.5 Å². The molecule has 0 atom stereocenters. The SMILES string of the molecule is CC(=O)CCCCC(c1ccccc1)(c1ccccc1)c1ccccc1. The van der Waals surface area contributed by atoms with Crippen LogP contribution in [0.1, 0.15) is 49.3 Å². The molecule has 26 heavy (non-hydrogen) atoms. The summed E-state index contributed by atoms with van der Waals surface area (Å²) in [6.07, 6.45) is 3.59. The minimum Gasteiger partial charge on any atom is -0.300 e. The zero-order valence-corrected chi connectivity index (χ0v) is 15.4. The van der Waals surface area contributed by atoms with Gasteiger partial charge in [-0.25, -0.2) is 0 Å². The van der Waals surface area contributed by atoms with Crippen LogP contribution in [-0.2, 0) is 10.2 Å². The molecule has 0 saturated carbocycles. The van der Waals surface area contributed by atoms with E-state index in [2.05, 4.69) is 91.0 Å². The quantitative estimate of drug-likeness (QED) is 0.353. The second-order valence-corrected chi connectivity index (χ2v) is 6.91. The molecule has 0 bridgehead atoms. The first kappa shape index (κ1) is 18.1. The van der Waals surface area contributed by atoms with E-state index in [9.17, 15) is 4.79 Å². The van der Waals surface area contributed by atoms with Gasteiger partial charge in [0.1, 0.15) is 5.78 Å². The van der Waals surface area contributed by atoms with Crippen LogP contribution in [0.15, 0.2) is 91.0 Å². The fourth-order valence-corrected chi connectivity index (χ4v) is 3.87. The first-order valence-corrected chi connectivity index (χ1v) is 9.39. The van der Waals surface area contributed by atoms with E-state index in [4.69, 9.17) is 0 Å². The fraction of sp³-hybridized carbons (Fsp3) is 0.240. The average molecular weight is 342 g/mol. The Morgan fingerprint density at radius 1 is 0.654 bits per heavy atom. The zero-order valence-electron chi connectivity index (χ0n) is 15.4. The molecule has 0 heterocycles. The van der Waals surface area contributed by atoms with Crippen molar-refractivity contribution < 1.29 is 4.79 Å². The smallest absolute Gasteiger partial charge is 0.129 e. The van der Waals surface area contributed by atoms with Crippen molar-refractivity contribution in [1.29, 1.82) is 0 Å². The number of unbranched alkanes of at least 4 members (excludes halogenated alkanes) is 1. The summed E-state index contributed by atoms with van der Waals surface area (Å²) in [5.74, 6) is 0.273. The van der Waals surface area contributed by atoms with E-state index in [1.807, 2.05) is 0 Å². The van der Waals surface area contributed by atoms with E-state index in [-0.39, 0.29) is 11.2 Å². The summed E-state index contributed by atoms with van der Waals surface area (Å²) in [6, 6.07) is 32.3. The first-order chi connectivity index (χ1) is 12.7. The van der Waals surface area contributed by atoms with E-state index in [1.54, 1.807) is 6.92 Å². The molecule has 0 amide bonds. The molecule has 132 valence electrons. The fourth-order valence-electron chi connectivity index (χ4n) is 3.87. The van der Waals surface area contributed by atoms with Crippen LogP contribution in [0.3, 0.4) is 0 Å². The molecule has 0 saturated heterocycles. The highest BCUT2D eigenvalue weighted by Crippen LogP contribution is 2.43. The summed E-state index contributed by atoms with van der Waals surface area (Å²) in [4.78, 5) is 11.4. The van der Waals surface area contributed by atoms with Crippen molar-refractivity contribution in [3.8, 4) is 0 Å². The number of hydrogen-bond acceptors (Lipinski definition) is 1. The van der Waals surface area contributed by atoms with Gasteiger partial charge in [0.05, 0.1) is 0 Å². The minimum atomic E-state index is -0.194. The Bertz CT molecular complexity index is 710. The molecule has 1 heteroatoms. The number of ketones is 1. The Hall–Kier alpha value is -2.67. The number of hydrogen-bond donors (Lipinski definition) is 0. The van der Waals surface area contributed by atoms with Gasteiger partial charge in [-0.1, -0.05) is 97.4 Å². The predicted molar refractivity (Wildman–Crippen MR) is 108 cm³/mol. The molecule has 3 aromatic carbocycles. The topological polar surface area (TPSA) is 17.1 Å². The van der Waals surface area contributed by atoms with Gasteiger partial charge in [0, 0.05) is 11.8 Å². The zero-order chi connectivity index (χ0) is 18.2. The van der Waals surface area contributed by atoms with Crippen LogP contribution in [0.5, 0.6) is 0 Å². The highest BCUT2D eigenvalue weighted by atomic mass is 16.1. The lowest BCUT2D eigenvalue weighted by atomic mass is 9.66. The van der Waals surface area contributed by atoms with Gasteiger partial charge >= 0.3 is 0 Å². The third-order valence-corrected chi connectivity index (χ3v) is 5.13. The highest BCUT2D eigenvalue weighted by molar-refractivity contribution is 5.75. The van der Waals surface area contributed by atoms with Gasteiger partial charge in [0.2, 0.25) is 0 Å². The summed E-state index contributed by atoms with van der Waals surface area (Å²) >= 11 is 0. The third-order valence-electron chi connectivity index (χ3n) is 5.13. The molecule has 1 nitrogen and oxygen atoms in total. The number of benzene rings is 3. The van der Waals surface area contributed by atoms with E-state index >= 15 is 0 Å². The third kappa shape index (κ3) is 3.94. The number of rotatable bonds is 8. The van der Waals surface area contributed by atoms with Crippen LogP contribution in [0.25, 0.3) is 0 Å². The number of carbonyl (C=O) groups excluding carboxylic acids is 1. The predicted octanol–water partition coefficient (Wildman–Crippen LogP) is 6.17. The van der Waals surface area contributed by atoms with Crippen LogP contribution >= 0.6 is 0 Å². The highest BCUT2D eigenvalue weighted by Gasteiger charge is 2.35. The first-order valence-electron chi connectivity index (χ1n) is 9.39. The summed E-state index contributed by atoms with van der Waals surface area (Å²) in [5.41, 5.74) is 3.72. The maximum absolute atomic E-state index is 11.4. The van der Waals surface area contributed by atoms with E-state index in [0.29, 0.717) is 6.42 Å². The molecule has 0 fully saturated rings. The second kappa shape index (κ2) is 8.62. The van der Waals surface area contributed by atoms with E-state index in [1.165, 1.54) is 16.7 Å². The van der Waals surface area contributed by atoms with Gasteiger partial charge < -0.3 is 4.79 Å². The number of carbonyl (C=O) groups is 1. The molecule has 3 aromatic rings. The molecule has 0 aliphatic carbocycles. The van der Waals surface area contributed by atoms with Gasteiger partial charge in [-0.15, -0.1) is 0 Å². The molecular weight excluding hydrogens is 316 g/mol. The van der Waals surface area contributed by atoms with Crippen molar-refractivity contribution in [1.82, 2.24) is 0 Å². The van der Waals surface area contributed by atoms with Gasteiger partial charge in [-0.3, -0.25) is 0 Å². The normalized spacial score (nSPS) is 11.3. The molecule has 0 aromatic heterocycles. The van der Waals surface area contributed by atoms with E-state index < -0.39 is 0 Å². The Morgan fingerprint density at radius 3 is 1.38 bits per heavy atom. The summed E-state index contributed by atoms with van der Waals surface area (Å²) in [5, 5.41) is 0. The molecule has 0 unspecified atom stereocenters. The maximum atomic E-state index is 11.4.